The molecule has 15 heteroatoms. The number of halogens is 3. The Hall–Kier alpha value is -3.10. The Morgan fingerprint density at radius 2 is 1.77 bits per heavy atom. The second kappa shape index (κ2) is 11.6. The predicted molar refractivity (Wildman–Crippen MR) is 150 cm³/mol. The molecule has 0 unspecified atom stereocenters. The van der Waals surface area contributed by atoms with Gasteiger partial charge < -0.3 is 8.92 Å². The Labute approximate surface area is 244 Å². The normalized spacial score (nSPS) is 14.7. The lowest BCUT2D eigenvalue weighted by Gasteiger charge is -2.14. The maximum Gasteiger partial charge on any atom is 0.339 e. The number of amides is 2. The first-order valence-corrected chi connectivity index (χ1v) is 14.4. The zero-order valence-electron chi connectivity index (χ0n) is 19.6. The standard InChI is InChI=1S/C24H15BrCl2N2O8S2/c1-36-20-10-14(8-17(25)22(20)37-39(34,35)16-5-3-15(4-6-16)29(32)33)11-21-23(30)28(24(31)38-21)12-13-2-7-18(26)19(27)9-13/h2-11H,12H2,1H3/b21-11-. The number of nitro groups is 1. The molecule has 2 amide bonds. The Kier molecular flexibility index (Phi) is 8.57. The summed E-state index contributed by atoms with van der Waals surface area (Å²) in [5.74, 6) is -0.691. The molecule has 0 aromatic heterocycles. The molecule has 1 fully saturated rings. The van der Waals surface area contributed by atoms with E-state index in [9.17, 15) is 28.1 Å². The lowest BCUT2D eigenvalue weighted by molar-refractivity contribution is -0.384. The van der Waals surface area contributed by atoms with Crippen LogP contribution in [0.5, 0.6) is 11.5 Å². The number of hydrogen-bond acceptors (Lipinski definition) is 9. The van der Waals surface area contributed by atoms with Crippen LogP contribution in [0.15, 0.2) is 68.9 Å². The summed E-state index contributed by atoms with van der Waals surface area (Å²) in [5.41, 5.74) is 0.755. The van der Waals surface area contributed by atoms with Gasteiger partial charge in [0.25, 0.3) is 16.8 Å². The highest BCUT2D eigenvalue weighted by Gasteiger charge is 2.35. The molecule has 1 heterocycles. The van der Waals surface area contributed by atoms with Crippen LogP contribution in [0.25, 0.3) is 6.08 Å². The number of non-ortho nitro benzene ring substituents is 1. The number of hydrogen-bond donors (Lipinski definition) is 0. The number of benzene rings is 3. The van der Waals surface area contributed by atoms with Crippen molar-refractivity contribution in [3.8, 4) is 11.5 Å². The van der Waals surface area contributed by atoms with Crippen molar-refractivity contribution >= 4 is 83.9 Å². The first kappa shape index (κ1) is 28.9. The molecular formula is C24H15BrCl2N2O8S2. The maximum absolute atomic E-state index is 13.0. The van der Waals surface area contributed by atoms with Gasteiger partial charge in [0.1, 0.15) is 4.90 Å². The maximum atomic E-state index is 13.0. The lowest BCUT2D eigenvalue weighted by atomic mass is 10.1. The average molecular weight is 674 g/mol. The number of carbonyl (C=O) groups excluding carboxylic acids is 2. The van der Waals surface area contributed by atoms with E-state index in [0.717, 1.165) is 40.9 Å². The molecule has 4 rings (SSSR count). The third-order valence-electron chi connectivity index (χ3n) is 5.28. The van der Waals surface area contributed by atoms with Gasteiger partial charge in [-0.1, -0.05) is 29.3 Å². The molecule has 39 heavy (non-hydrogen) atoms. The van der Waals surface area contributed by atoms with Crippen LogP contribution in [0.2, 0.25) is 10.0 Å². The van der Waals surface area contributed by atoms with Gasteiger partial charge in [-0.05, 0) is 81.3 Å². The fourth-order valence-corrected chi connectivity index (χ4v) is 6.17. The minimum atomic E-state index is -4.38. The molecule has 0 N–H and O–H groups in total. The van der Waals surface area contributed by atoms with Gasteiger partial charge >= 0.3 is 10.1 Å². The molecule has 0 radical (unpaired) electrons. The highest BCUT2D eigenvalue weighted by atomic mass is 79.9. The second-order valence-electron chi connectivity index (χ2n) is 7.84. The summed E-state index contributed by atoms with van der Waals surface area (Å²) in [7, 11) is -3.09. The van der Waals surface area contributed by atoms with E-state index in [4.69, 9.17) is 32.1 Å². The van der Waals surface area contributed by atoms with Crippen molar-refractivity contribution in [1.29, 1.82) is 0 Å². The third-order valence-corrected chi connectivity index (χ3v) is 8.75. The molecule has 0 atom stereocenters. The van der Waals surface area contributed by atoms with E-state index in [1.165, 1.54) is 25.3 Å². The van der Waals surface area contributed by atoms with Crippen LogP contribution in [0, 0.1) is 10.1 Å². The Morgan fingerprint density at radius 3 is 2.38 bits per heavy atom. The summed E-state index contributed by atoms with van der Waals surface area (Å²) < 4.78 is 36.3. The number of rotatable bonds is 8. The summed E-state index contributed by atoms with van der Waals surface area (Å²) in [5, 5.41) is 11.0. The van der Waals surface area contributed by atoms with Gasteiger partial charge in [0.2, 0.25) is 0 Å². The largest absolute Gasteiger partial charge is 0.493 e. The zero-order chi connectivity index (χ0) is 28.5. The fraction of sp³-hybridized carbons (Fsp3) is 0.0833. The second-order valence-corrected chi connectivity index (χ2v) is 12.0. The quantitative estimate of drug-likeness (QED) is 0.111. The first-order valence-electron chi connectivity index (χ1n) is 10.7. The topological polar surface area (TPSA) is 133 Å². The number of imide groups is 1. The highest BCUT2D eigenvalue weighted by molar-refractivity contribution is 9.10. The van der Waals surface area contributed by atoms with Crippen molar-refractivity contribution in [2.24, 2.45) is 0 Å². The van der Waals surface area contributed by atoms with Crippen molar-refractivity contribution < 1.29 is 31.9 Å². The van der Waals surface area contributed by atoms with Crippen molar-refractivity contribution in [3.63, 3.8) is 0 Å². The van der Waals surface area contributed by atoms with Gasteiger partial charge in [0, 0.05) is 12.1 Å². The van der Waals surface area contributed by atoms with Crippen molar-refractivity contribution in [2.45, 2.75) is 11.4 Å². The Morgan fingerprint density at radius 1 is 1.08 bits per heavy atom. The molecule has 1 aliphatic heterocycles. The highest BCUT2D eigenvalue weighted by Crippen LogP contribution is 2.41. The SMILES string of the molecule is COc1cc(/C=C2\SC(=O)N(Cc3ccc(Cl)c(Cl)c3)C2=O)cc(Br)c1OS(=O)(=O)c1ccc([N+](=O)[O-])cc1. The number of nitrogens with zero attached hydrogens (tertiary/aromatic N) is 2. The first-order chi connectivity index (χ1) is 18.4. The summed E-state index contributed by atoms with van der Waals surface area (Å²) >= 11 is 16.0. The molecule has 10 nitrogen and oxygen atoms in total. The predicted octanol–water partition coefficient (Wildman–Crippen LogP) is 6.68. The van der Waals surface area contributed by atoms with Crippen LogP contribution in [-0.4, -0.2) is 36.5 Å². The summed E-state index contributed by atoms with van der Waals surface area (Å²) in [6, 6.07) is 11.9. The molecule has 202 valence electrons. The minimum Gasteiger partial charge on any atom is -0.493 e. The van der Waals surface area contributed by atoms with E-state index in [0.29, 0.717) is 21.2 Å². The van der Waals surface area contributed by atoms with Gasteiger partial charge in [-0.15, -0.1) is 0 Å². The number of nitro benzene ring substituents is 1. The van der Waals surface area contributed by atoms with E-state index >= 15 is 0 Å². The number of methoxy groups -OCH3 is 1. The van der Waals surface area contributed by atoms with Gasteiger partial charge in [0.05, 0.1) is 38.0 Å². The summed E-state index contributed by atoms with van der Waals surface area (Å²) in [6.07, 6.45) is 1.46. The molecule has 0 spiro atoms. The minimum absolute atomic E-state index is 0.000801. The van der Waals surface area contributed by atoms with Gasteiger partial charge in [0.15, 0.2) is 11.5 Å². The van der Waals surface area contributed by atoms with Crippen LogP contribution >= 0.6 is 50.9 Å². The van der Waals surface area contributed by atoms with E-state index in [1.807, 2.05) is 0 Å². The van der Waals surface area contributed by atoms with E-state index in [-0.39, 0.29) is 38.0 Å². The lowest BCUT2D eigenvalue weighted by Crippen LogP contribution is -2.27. The van der Waals surface area contributed by atoms with E-state index < -0.39 is 26.2 Å². The van der Waals surface area contributed by atoms with Gasteiger partial charge in [-0.3, -0.25) is 24.6 Å². The van der Waals surface area contributed by atoms with E-state index in [2.05, 4.69) is 15.9 Å². The molecule has 3 aromatic carbocycles. The van der Waals surface area contributed by atoms with E-state index in [1.54, 1.807) is 18.2 Å². The third kappa shape index (κ3) is 6.39. The van der Waals surface area contributed by atoms with Crippen molar-refractivity contribution in [1.82, 2.24) is 4.90 Å². The number of ether oxygens (including phenoxy) is 1. The van der Waals surface area contributed by atoms with Gasteiger partial charge in [-0.2, -0.15) is 8.42 Å². The fourth-order valence-electron chi connectivity index (χ4n) is 3.40. The molecule has 1 aliphatic rings. The number of thioether (sulfide) groups is 1. The monoisotopic (exact) mass is 672 g/mol. The molecule has 0 saturated carbocycles. The van der Waals surface area contributed by atoms with Crippen LogP contribution < -0.4 is 8.92 Å². The molecular weight excluding hydrogens is 659 g/mol. The molecule has 0 aliphatic carbocycles. The Balaban J connectivity index is 1.58. The van der Waals surface area contributed by atoms with Crippen LogP contribution in [0.3, 0.4) is 0 Å². The van der Waals surface area contributed by atoms with Crippen LogP contribution in [0.1, 0.15) is 11.1 Å². The average Bonchev–Trinajstić information content (AvgIpc) is 3.14. The van der Waals surface area contributed by atoms with Crippen LogP contribution in [-0.2, 0) is 21.5 Å². The van der Waals surface area contributed by atoms with Crippen molar-refractivity contribution in [2.75, 3.05) is 7.11 Å². The number of carbonyl (C=O) groups is 2. The summed E-state index contributed by atoms with van der Waals surface area (Å²) in [6.45, 7) is -0.000801. The molecule has 1 saturated heterocycles. The van der Waals surface area contributed by atoms with Crippen molar-refractivity contribution in [3.05, 3.63) is 95.3 Å². The van der Waals surface area contributed by atoms with Crippen LogP contribution in [0.4, 0.5) is 10.5 Å². The smallest absolute Gasteiger partial charge is 0.339 e. The Bertz CT molecular complexity index is 1650. The van der Waals surface area contributed by atoms with Gasteiger partial charge in [-0.25, -0.2) is 0 Å². The zero-order valence-corrected chi connectivity index (χ0v) is 24.3. The summed E-state index contributed by atoms with van der Waals surface area (Å²) in [4.78, 5) is 36.6. The molecule has 3 aromatic rings. The molecule has 0 bridgehead atoms.